The molecule has 68 valence electrons. The lowest BCUT2D eigenvalue weighted by Gasteiger charge is -1.98. The second-order valence-corrected chi connectivity index (χ2v) is 2.84. The maximum Gasteiger partial charge on any atom is 0.172 e. The van der Waals surface area contributed by atoms with Crippen molar-refractivity contribution in [1.82, 2.24) is 10.2 Å². The van der Waals surface area contributed by atoms with Crippen molar-refractivity contribution < 1.29 is 0 Å². The van der Waals surface area contributed by atoms with Crippen molar-refractivity contribution in [2.45, 2.75) is 0 Å². The van der Waals surface area contributed by atoms with Gasteiger partial charge in [-0.25, -0.2) is 0 Å². The minimum absolute atomic E-state index is 0.328. The second-order valence-electron chi connectivity index (χ2n) is 2.84. The Morgan fingerprint density at radius 1 is 1.29 bits per heavy atom. The number of hydrogen-bond donors (Lipinski definition) is 2. The highest BCUT2D eigenvalue weighted by atomic mass is 15.2. The molecular formula is C10H8N4. The second kappa shape index (κ2) is 3.23. The first-order valence-corrected chi connectivity index (χ1v) is 4.12. The molecule has 0 fully saturated rings. The fraction of sp³-hybridized carbons (Fsp3) is 0. The van der Waals surface area contributed by atoms with Gasteiger partial charge in [-0.15, -0.1) is 0 Å². The largest absolute Gasteiger partial charge is 0.384 e. The van der Waals surface area contributed by atoms with E-state index in [1.165, 1.54) is 0 Å². The van der Waals surface area contributed by atoms with Gasteiger partial charge in [0.25, 0.3) is 0 Å². The van der Waals surface area contributed by atoms with Gasteiger partial charge in [-0.3, -0.25) is 5.10 Å². The minimum atomic E-state index is 0.328. The zero-order chi connectivity index (χ0) is 9.97. The lowest BCUT2D eigenvalue weighted by Crippen LogP contribution is -1.88. The maximum atomic E-state index is 8.81. The summed E-state index contributed by atoms with van der Waals surface area (Å²) in [5.41, 5.74) is 7.58. The van der Waals surface area contributed by atoms with Crippen molar-refractivity contribution in [1.29, 1.82) is 5.26 Å². The standard InChI is InChI=1S/C10H8N4/c11-6-8-9(10(12)14-13-8)7-4-2-1-3-5-7/h1-5H,(H3,12,13,14). The molecule has 0 aliphatic heterocycles. The van der Waals surface area contributed by atoms with Crippen molar-refractivity contribution in [3.05, 3.63) is 36.0 Å². The Hall–Kier alpha value is -2.28. The van der Waals surface area contributed by atoms with Gasteiger partial charge >= 0.3 is 0 Å². The number of aromatic nitrogens is 2. The minimum Gasteiger partial charge on any atom is -0.384 e. The van der Waals surface area contributed by atoms with Crippen LogP contribution in [0.3, 0.4) is 0 Å². The van der Waals surface area contributed by atoms with E-state index in [1.807, 2.05) is 36.4 Å². The van der Waals surface area contributed by atoms with E-state index < -0.39 is 0 Å². The number of nitrogens with zero attached hydrogens (tertiary/aromatic N) is 2. The van der Waals surface area contributed by atoms with Crippen molar-refractivity contribution in [3.63, 3.8) is 0 Å². The van der Waals surface area contributed by atoms with Gasteiger partial charge in [0, 0.05) is 0 Å². The maximum absolute atomic E-state index is 8.81. The third-order valence-electron chi connectivity index (χ3n) is 1.96. The van der Waals surface area contributed by atoms with Gasteiger partial charge in [-0.2, -0.15) is 10.4 Å². The van der Waals surface area contributed by atoms with Crippen molar-refractivity contribution >= 4 is 5.82 Å². The molecule has 4 nitrogen and oxygen atoms in total. The van der Waals surface area contributed by atoms with Gasteiger partial charge in [0.05, 0.1) is 5.56 Å². The first-order chi connectivity index (χ1) is 6.83. The molecule has 2 rings (SSSR count). The zero-order valence-corrected chi connectivity index (χ0v) is 7.36. The number of nitriles is 1. The molecule has 0 aliphatic rings. The number of nitrogens with two attached hydrogens (primary N) is 1. The number of benzene rings is 1. The third kappa shape index (κ3) is 1.21. The molecule has 0 bridgehead atoms. The smallest absolute Gasteiger partial charge is 0.172 e. The molecule has 4 heteroatoms. The average molecular weight is 184 g/mol. The fourth-order valence-electron chi connectivity index (χ4n) is 1.33. The van der Waals surface area contributed by atoms with Crippen LogP contribution in [0.1, 0.15) is 5.69 Å². The number of hydrogen-bond acceptors (Lipinski definition) is 3. The first kappa shape index (κ1) is 8.32. The molecular weight excluding hydrogens is 176 g/mol. The number of H-pyrrole nitrogens is 1. The Labute approximate surface area is 81.0 Å². The molecule has 1 aromatic carbocycles. The molecule has 0 saturated heterocycles. The quantitative estimate of drug-likeness (QED) is 0.705. The van der Waals surface area contributed by atoms with Crippen LogP contribution in [0.4, 0.5) is 5.82 Å². The molecule has 0 radical (unpaired) electrons. The molecule has 0 spiro atoms. The van der Waals surface area contributed by atoms with E-state index >= 15 is 0 Å². The van der Waals surface area contributed by atoms with Crippen LogP contribution >= 0.6 is 0 Å². The number of rotatable bonds is 1. The summed E-state index contributed by atoms with van der Waals surface area (Å²) >= 11 is 0. The van der Waals surface area contributed by atoms with Crippen LogP contribution in [-0.4, -0.2) is 10.2 Å². The van der Waals surface area contributed by atoms with Gasteiger partial charge in [-0.1, -0.05) is 30.3 Å². The number of anilines is 1. The van der Waals surface area contributed by atoms with E-state index in [0.29, 0.717) is 17.1 Å². The Kier molecular flexibility index (Phi) is 1.92. The van der Waals surface area contributed by atoms with E-state index in [0.717, 1.165) is 5.56 Å². The van der Waals surface area contributed by atoms with Crippen LogP contribution in [0.15, 0.2) is 30.3 Å². The molecule has 2 aromatic rings. The van der Waals surface area contributed by atoms with Crippen LogP contribution in [0.2, 0.25) is 0 Å². The molecule has 1 aromatic heterocycles. The van der Waals surface area contributed by atoms with Gasteiger partial charge < -0.3 is 5.73 Å². The zero-order valence-electron chi connectivity index (χ0n) is 7.36. The van der Waals surface area contributed by atoms with E-state index in [2.05, 4.69) is 10.2 Å². The average Bonchev–Trinajstić information content (AvgIpc) is 2.61. The van der Waals surface area contributed by atoms with Crippen LogP contribution in [-0.2, 0) is 0 Å². The number of aromatic amines is 1. The van der Waals surface area contributed by atoms with Crippen molar-refractivity contribution in [2.24, 2.45) is 0 Å². The van der Waals surface area contributed by atoms with Crippen molar-refractivity contribution in [2.75, 3.05) is 5.73 Å². The molecule has 0 unspecified atom stereocenters. The van der Waals surface area contributed by atoms with Gasteiger partial charge in [0.1, 0.15) is 11.9 Å². The van der Waals surface area contributed by atoms with Crippen LogP contribution in [0.5, 0.6) is 0 Å². The molecule has 1 heterocycles. The van der Waals surface area contributed by atoms with Gasteiger partial charge in [-0.05, 0) is 5.56 Å². The predicted molar refractivity (Wildman–Crippen MR) is 53.2 cm³/mol. The molecule has 0 saturated carbocycles. The van der Waals surface area contributed by atoms with Gasteiger partial charge in [0.15, 0.2) is 5.69 Å². The topological polar surface area (TPSA) is 78.5 Å². The monoisotopic (exact) mass is 184 g/mol. The van der Waals surface area contributed by atoms with E-state index in [4.69, 9.17) is 11.0 Å². The molecule has 3 N–H and O–H groups in total. The molecule has 14 heavy (non-hydrogen) atoms. The third-order valence-corrected chi connectivity index (χ3v) is 1.96. The Balaban J connectivity index is 2.63. The Bertz CT molecular complexity index is 479. The Morgan fingerprint density at radius 2 is 2.00 bits per heavy atom. The molecule has 0 aliphatic carbocycles. The summed E-state index contributed by atoms with van der Waals surface area (Å²) in [6.45, 7) is 0. The van der Waals surface area contributed by atoms with Crippen LogP contribution in [0, 0.1) is 11.3 Å². The van der Waals surface area contributed by atoms with E-state index in [-0.39, 0.29) is 0 Å². The summed E-state index contributed by atoms with van der Waals surface area (Å²) in [4.78, 5) is 0. The summed E-state index contributed by atoms with van der Waals surface area (Å²) in [5, 5.41) is 15.2. The first-order valence-electron chi connectivity index (χ1n) is 4.12. The summed E-state index contributed by atoms with van der Waals surface area (Å²) in [6, 6.07) is 11.5. The van der Waals surface area contributed by atoms with Crippen molar-refractivity contribution in [3.8, 4) is 17.2 Å². The van der Waals surface area contributed by atoms with E-state index in [9.17, 15) is 0 Å². The Morgan fingerprint density at radius 3 is 2.64 bits per heavy atom. The predicted octanol–water partition coefficient (Wildman–Crippen LogP) is 1.53. The highest BCUT2D eigenvalue weighted by molar-refractivity contribution is 5.78. The number of nitrogen functional groups attached to an aromatic ring is 1. The summed E-state index contributed by atoms with van der Waals surface area (Å²) in [7, 11) is 0. The summed E-state index contributed by atoms with van der Waals surface area (Å²) < 4.78 is 0. The molecule has 0 atom stereocenters. The lowest BCUT2D eigenvalue weighted by molar-refractivity contribution is 1.08. The van der Waals surface area contributed by atoms with Gasteiger partial charge in [0.2, 0.25) is 0 Å². The molecule has 0 amide bonds. The highest BCUT2D eigenvalue weighted by Crippen LogP contribution is 2.26. The fourth-order valence-corrected chi connectivity index (χ4v) is 1.33. The van der Waals surface area contributed by atoms with Crippen LogP contribution in [0.25, 0.3) is 11.1 Å². The SMILES string of the molecule is N#Cc1n[nH]c(N)c1-c1ccccc1. The summed E-state index contributed by atoms with van der Waals surface area (Å²) in [6.07, 6.45) is 0. The number of nitrogens with one attached hydrogen (secondary N) is 1. The highest BCUT2D eigenvalue weighted by Gasteiger charge is 2.11. The summed E-state index contributed by atoms with van der Waals surface area (Å²) in [5.74, 6) is 0.424. The lowest BCUT2D eigenvalue weighted by atomic mass is 10.1. The normalized spacial score (nSPS) is 9.64. The van der Waals surface area contributed by atoms with Crippen LogP contribution < -0.4 is 5.73 Å². The van der Waals surface area contributed by atoms with E-state index in [1.54, 1.807) is 0 Å².